The van der Waals surface area contributed by atoms with Crippen LogP contribution in [0.2, 0.25) is 0 Å². The average molecular weight is 708 g/mol. The lowest BCUT2D eigenvalue weighted by Gasteiger charge is -2.38. The Bertz CT molecular complexity index is 1980. The minimum absolute atomic E-state index is 0.00127. The fourth-order valence-corrected chi connectivity index (χ4v) is 5.92. The standard InChI is InChI=1S/C40H38FN3O8/c1-27(2)51-39(47)50-26-49-38(46)40(37(45)48-25-29-9-5-3-6-10-29)19-21-44(22-20-40)24-28-13-15-31(16-14-28)35-42-36(52-43-35)32-17-18-33(34(41)23-32)30-11-7-4-8-12-30/h3-18,23,27H,19-22,24-26H2,1-2H3. The Kier molecular flexibility index (Phi) is 11.4. The molecule has 1 fully saturated rings. The molecule has 0 spiro atoms. The highest BCUT2D eigenvalue weighted by molar-refractivity contribution is 6.00. The molecule has 0 radical (unpaired) electrons. The van der Waals surface area contributed by atoms with Gasteiger partial charge in [0, 0.05) is 36.3 Å². The molecule has 0 aliphatic carbocycles. The molecule has 0 saturated carbocycles. The number of benzene rings is 4. The molecule has 1 aliphatic heterocycles. The lowest BCUT2D eigenvalue weighted by atomic mass is 9.78. The number of rotatable bonds is 12. The van der Waals surface area contributed by atoms with Gasteiger partial charge in [-0.3, -0.25) is 14.5 Å². The van der Waals surface area contributed by atoms with Crippen LogP contribution in [-0.4, -0.2) is 59.1 Å². The highest BCUT2D eigenvalue weighted by Crippen LogP contribution is 2.36. The second-order valence-electron chi connectivity index (χ2n) is 12.7. The fraction of sp³-hybridized carbons (Fsp3) is 0.275. The van der Waals surface area contributed by atoms with Gasteiger partial charge < -0.3 is 23.5 Å². The Morgan fingerprint density at radius 1 is 0.788 bits per heavy atom. The number of piperidine rings is 1. The topological polar surface area (TPSA) is 130 Å². The predicted molar refractivity (Wildman–Crippen MR) is 187 cm³/mol. The summed E-state index contributed by atoms with van der Waals surface area (Å²) in [6, 6.07) is 30.9. The summed E-state index contributed by atoms with van der Waals surface area (Å²) in [6.45, 7) is 4.00. The van der Waals surface area contributed by atoms with Gasteiger partial charge in [0.2, 0.25) is 12.6 Å². The third kappa shape index (κ3) is 8.70. The van der Waals surface area contributed by atoms with Gasteiger partial charge in [0.15, 0.2) is 5.41 Å². The average Bonchev–Trinajstić information content (AvgIpc) is 3.65. The Hall–Kier alpha value is -5.88. The number of aromatic nitrogens is 2. The molecule has 52 heavy (non-hydrogen) atoms. The van der Waals surface area contributed by atoms with Crippen LogP contribution in [0.3, 0.4) is 0 Å². The molecule has 1 saturated heterocycles. The molecule has 11 nitrogen and oxygen atoms in total. The van der Waals surface area contributed by atoms with E-state index in [-0.39, 0.29) is 31.2 Å². The van der Waals surface area contributed by atoms with Crippen molar-refractivity contribution in [1.29, 1.82) is 0 Å². The Balaban J connectivity index is 1.07. The quantitative estimate of drug-likeness (QED) is 0.0550. The molecule has 0 bridgehead atoms. The summed E-state index contributed by atoms with van der Waals surface area (Å²) in [6.07, 6.45) is -1.09. The molecule has 5 aromatic rings. The largest absolute Gasteiger partial charge is 0.511 e. The van der Waals surface area contributed by atoms with Gasteiger partial charge in [-0.05, 0) is 55.5 Å². The van der Waals surface area contributed by atoms with E-state index < -0.39 is 36.4 Å². The van der Waals surface area contributed by atoms with Crippen LogP contribution in [0.5, 0.6) is 0 Å². The van der Waals surface area contributed by atoms with Gasteiger partial charge in [-0.25, -0.2) is 9.18 Å². The first-order valence-corrected chi connectivity index (χ1v) is 16.9. The maximum atomic E-state index is 15.0. The summed E-state index contributed by atoms with van der Waals surface area (Å²) in [5, 5.41) is 4.10. The van der Waals surface area contributed by atoms with Gasteiger partial charge in [-0.15, -0.1) is 0 Å². The van der Waals surface area contributed by atoms with Crippen LogP contribution in [0, 0.1) is 11.2 Å². The summed E-state index contributed by atoms with van der Waals surface area (Å²) in [5.41, 5.74) is 2.66. The SMILES string of the molecule is CC(C)OC(=O)OCOC(=O)C1(C(=O)OCc2ccccc2)CCN(Cc2ccc(-c3noc(-c4ccc(-c5ccccc5)c(F)c4)n3)cc2)CC1. The van der Waals surface area contributed by atoms with Gasteiger partial charge in [-0.1, -0.05) is 96.2 Å². The zero-order chi connectivity index (χ0) is 36.5. The Labute approximate surface area is 300 Å². The second-order valence-corrected chi connectivity index (χ2v) is 12.7. The zero-order valence-corrected chi connectivity index (χ0v) is 28.8. The normalized spacial score (nSPS) is 14.1. The number of ether oxygens (including phenoxy) is 4. The van der Waals surface area contributed by atoms with Crippen LogP contribution in [-0.2, 0) is 41.7 Å². The van der Waals surface area contributed by atoms with Crippen molar-refractivity contribution in [3.63, 3.8) is 0 Å². The van der Waals surface area contributed by atoms with Crippen LogP contribution in [0.15, 0.2) is 108 Å². The predicted octanol–water partition coefficient (Wildman–Crippen LogP) is 7.60. The fourth-order valence-electron chi connectivity index (χ4n) is 5.92. The molecule has 6 rings (SSSR count). The van der Waals surface area contributed by atoms with E-state index in [9.17, 15) is 18.8 Å². The molecule has 0 amide bonds. The number of likely N-dealkylation sites (tertiary alicyclic amines) is 1. The molecule has 12 heteroatoms. The van der Waals surface area contributed by atoms with Gasteiger partial charge in [-0.2, -0.15) is 4.98 Å². The highest BCUT2D eigenvalue weighted by Gasteiger charge is 2.51. The van der Waals surface area contributed by atoms with E-state index in [0.717, 1.165) is 22.3 Å². The van der Waals surface area contributed by atoms with Crippen LogP contribution in [0.1, 0.15) is 37.8 Å². The monoisotopic (exact) mass is 707 g/mol. The lowest BCUT2D eigenvalue weighted by molar-refractivity contribution is -0.182. The summed E-state index contributed by atoms with van der Waals surface area (Å²) in [7, 11) is 0. The molecule has 4 aromatic carbocycles. The number of nitrogens with zero attached hydrogens (tertiary/aromatic N) is 3. The van der Waals surface area contributed by atoms with Crippen molar-refractivity contribution in [2.45, 2.75) is 45.9 Å². The molecule has 1 aromatic heterocycles. The Morgan fingerprint density at radius 2 is 1.44 bits per heavy atom. The van der Waals surface area contributed by atoms with E-state index >= 15 is 0 Å². The minimum atomic E-state index is -1.57. The van der Waals surface area contributed by atoms with E-state index in [4.69, 9.17) is 23.5 Å². The number of carbonyl (C=O) groups is 3. The number of carbonyl (C=O) groups excluding carboxylic acids is 3. The highest BCUT2D eigenvalue weighted by atomic mass is 19.1. The maximum absolute atomic E-state index is 15.0. The van der Waals surface area contributed by atoms with Crippen molar-refractivity contribution in [1.82, 2.24) is 15.0 Å². The van der Waals surface area contributed by atoms with Crippen molar-refractivity contribution in [2.24, 2.45) is 5.41 Å². The third-order valence-electron chi connectivity index (χ3n) is 8.75. The molecule has 268 valence electrons. The maximum Gasteiger partial charge on any atom is 0.511 e. The smallest absolute Gasteiger partial charge is 0.460 e. The number of esters is 2. The minimum Gasteiger partial charge on any atom is -0.460 e. The molecule has 0 N–H and O–H groups in total. The van der Waals surface area contributed by atoms with Crippen molar-refractivity contribution in [2.75, 3.05) is 19.9 Å². The molecule has 2 heterocycles. The second kappa shape index (κ2) is 16.4. The van der Waals surface area contributed by atoms with E-state index in [1.807, 2.05) is 84.9 Å². The van der Waals surface area contributed by atoms with Gasteiger partial charge >= 0.3 is 18.1 Å². The number of halogens is 1. The van der Waals surface area contributed by atoms with Crippen molar-refractivity contribution in [3.05, 3.63) is 120 Å². The summed E-state index contributed by atoms with van der Waals surface area (Å²) >= 11 is 0. The third-order valence-corrected chi connectivity index (χ3v) is 8.75. The first-order chi connectivity index (χ1) is 25.2. The van der Waals surface area contributed by atoms with Crippen LogP contribution >= 0.6 is 0 Å². The van der Waals surface area contributed by atoms with E-state index in [0.29, 0.717) is 36.6 Å². The van der Waals surface area contributed by atoms with E-state index in [2.05, 4.69) is 15.0 Å². The van der Waals surface area contributed by atoms with Crippen LogP contribution < -0.4 is 0 Å². The molecular formula is C40H38FN3O8. The molecule has 0 atom stereocenters. The van der Waals surface area contributed by atoms with Crippen molar-refractivity contribution >= 4 is 18.1 Å². The van der Waals surface area contributed by atoms with Gasteiger partial charge in [0.1, 0.15) is 12.4 Å². The first kappa shape index (κ1) is 35.9. The zero-order valence-electron chi connectivity index (χ0n) is 28.8. The van der Waals surface area contributed by atoms with Gasteiger partial charge in [0.25, 0.3) is 5.89 Å². The molecule has 1 aliphatic rings. The summed E-state index contributed by atoms with van der Waals surface area (Å²) < 4.78 is 41.1. The van der Waals surface area contributed by atoms with Crippen LogP contribution in [0.4, 0.5) is 9.18 Å². The number of hydrogen-bond acceptors (Lipinski definition) is 11. The summed E-state index contributed by atoms with van der Waals surface area (Å²) in [5.74, 6) is -1.32. The molecule has 0 unspecified atom stereocenters. The van der Waals surface area contributed by atoms with Crippen molar-refractivity contribution < 1.29 is 42.2 Å². The Morgan fingerprint density at radius 3 is 2.12 bits per heavy atom. The first-order valence-electron chi connectivity index (χ1n) is 16.9. The number of hydrogen-bond donors (Lipinski definition) is 0. The van der Waals surface area contributed by atoms with E-state index in [1.165, 1.54) is 6.07 Å². The van der Waals surface area contributed by atoms with E-state index in [1.54, 1.807) is 26.0 Å². The van der Waals surface area contributed by atoms with Gasteiger partial charge in [0.05, 0.1) is 6.10 Å². The lowest BCUT2D eigenvalue weighted by Crippen LogP contribution is -2.50. The van der Waals surface area contributed by atoms with Crippen molar-refractivity contribution in [3.8, 4) is 34.0 Å². The summed E-state index contributed by atoms with van der Waals surface area (Å²) in [4.78, 5) is 45.3. The van der Waals surface area contributed by atoms with Crippen LogP contribution in [0.25, 0.3) is 34.0 Å². The molecular weight excluding hydrogens is 669 g/mol.